The first-order chi connectivity index (χ1) is 63.0. The Morgan fingerprint density at radius 1 is 0.403 bits per heavy atom. The van der Waals surface area contributed by atoms with Crippen molar-refractivity contribution < 1.29 is 112 Å². The molecule has 2 N–H and O–H groups in total. The van der Waals surface area contributed by atoms with E-state index in [4.69, 9.17) is 46.5 Å². The normalized spacial score (nSPS) is 37.6. The smallest absolute Gasteiger partial charge is 0.358 e. The van der Waals surface area contributed by atoms with E-state index in [2.05, 4.69) is 24.2 Å². The average molecular weight is 1900 g/mol. The Balaban J connectivity index is 0.507. The Bertz CT molecular complexity index is 4750. The van der Waals surface area contributed by atoms with Crippen molar-refractivity contribution >= 4 is 79.4 Å². The van der Waals surface area contributed by atoms with E-state index >= 15 is 19.2 Å². The third-order valence-corrected chi connectivity index (χ3v) is 39.6. The summed E-state index contributed by atoms with van der Waals surface area (Å²) in [6.45, 7) is 22.4. The molecule has 12 unspecified atom stereocenters. The highest BCUT2D eigenvalue weighted by molar-refractivity contribution is 7.87. The summed E-state index contributed by atoms with van der Waals surface area (Å²) in [4.78, 5) is 118. The number of nitrogens with zero attached hydrogens (tertiary/aromatic N) is 2. The number of carbonyl (C=O) groups excluding carboxylic acids is 8. The van der Waals surface area contributed by atoms with E-state index in [-0.39, 0.29) is 134 Å². The van der Waals surface area contributed by atoms with Gasteiger partial charge >= 0.3 is 68.0 Å². The molecule has 22 rings (SSSR count). The fourth-order valence-electron chi connectivity index (χ4n) is 32.0. The van der Waals surface area contributed by atoms with E-state index in [0.717, 1.165) is 101 Å². The van der Waals surface area contributed by atoms with Crippen molar-refractivity contribution in [3.63, 3.8) is 0 Å². The predicted molar refractivity (Wildman–Crippen MR) is 493 cm³/mol. The number of carbonyl (C=O) groups is 8. The summed E-state index contributed by atoms with van der Waals surface area (Å²) in [6.07, 6.45) is 21.9. The standard InChI is InChI=1S/C106H148N2O24S2/c1-13-71(55-97(7,93(115)129-105-51-67-37-68(52-105)48-103(117,47-67)61-105)59-99(9,91(113)125-85-31-33-123-87(85)109)57-95(3,4)89(111)127-101(11)77-39-63-35-64(41-77)42-78(101)40-63)73-19-27-83(28-20-73)133(119,120)131-107-81-23-15-75(16-24-81)76-17-25-82(26-18-76)108-132-134(121,122)84-29-21-74(22-30-84)72(14-2)56-98(8,94(116)130-106-53-69-38-70(54-106)50-104(118,49-69)62-106)60-100(10,92(114)126-86-32-34-124-88(86)110)58-96(5,6)90(112)128-102(12)79-43-65-36-66(45-79)46-80(102)44-65/h19-22,27-30,63-72,75-80,85-86,117-118H,13-18,23-26,31-62H2,1-12H3. The average Bonchev–Trinajstić information content (AvgIpc) is 0.762. The molecule has 2 heterocycles. The van der Waals surface area contributed by atoms with Crippen LogP contribution in [-0.4, -0.2) is 145 Å². The van der Waals surface area contributed by atoms with Gasteiger partial charge in [0.05, 0.1) is 68.3 Å². The van der Waals surface area contributed by atoms with Gasteiger partial charge in [-0.1, -0.05) is 48.4 Å². The van der Waals surface area contributed by atoms with Crippen molar-refractivity contribution in [3.05, 3.63) is 59.7 Å². The zero-order valence-corrected chi connectivity index (χ0v) is 82.9. The molecular formula is C106H148N2O24S2. The summed E-state index contributed by atoms with van der Waals surface area (Å²) in [5.41, 5.74) is -11.1. The summed E-state index contributed by atoms with van der Waals surface area (Å²) in [5, 5.41) is 32.3. The molecule has 0 radical (unpaired) electrons. The first kappa shape index (κ1) is 97.2. The Hall–Kier alpha value is -7.04. The highest BCUT2D eigenvalue weighted by Crippen LogP contribution is 2.66. The highest BCUT2D eigenvalue weighted by Gasteiger charge is 2.66. The molecular weight excluding hydrogens is 1750 g/mol. The van der Waals surface area contributed by atoms with Gasteiger partial charge in [-0.05, 0) is 430 Å². The van der Waals surface area contributed by atoms with Crippen molar-refractivity contribution in [1.82, 2.24) is 0 Å². The maximum Gasteiger partial charge on any atom is 0.358 e. The first-order valence-electron chi connectivity index (χ1n) is 51.3. The van der Waals surface area contributed by atoms with E-state index in [1.165, 1.54) is 37.1 Å². The van der Waals surface area contributed by atoms with Crippen molar-refractivity contribution in [1.29, 1.82) is 0 Å². The van der Waals surface area contributed by atoms with Crippen LogP contribution < -0.4 is 0 Å². The number of cyclic esters (lactones) is 2. The van der Waals surface area contributed by atoms with Crippen LogP contribution in [0.15, 0.2) is 68.6 Å². The lowest BCUT2D eigenvalue weighted by Gasteiger charge is -2.59. The molecule has 0 amide bonds. The van der Waals surface area contributed by atoms with Crippen LogP contribution in [0.25, 0.3) is 0 Å². The van der Waals surface area contributed by atoms with Gasteiger partial charge in [0.15, 0.2) is 0 Å². The lowest BCUT2D eigenvalue weighted by molar-refractivity contribution is -0.229. The SMILES string of the molecule is CCC(CC(C)(CC(C)(CC(C)(C)C(=O)OC1(C)C2CC3CC(C2)CC1C3)C(=O)OC1CCOC1=O)C(=O)OC12CC3CC(CC(O)(C3)C1)C2)c1ccc(S(=O)(=O)ON=C2CCC(C3CCC(=NOS(=O)(=O)c4ccc(C(CC)CC(C)(CC(C)(CC(C)(C)C(=O)OC5(C)C6CC7CC(C6)CC5C7)C(=O)OC5CCOC5=O)C(=O)OC56CC7CC(CC(O)(C7)C5)C6)cc4)CC3)CC2)cc1. The number of esters is 8. The zero-order chi connectivity index (χ0) is 95.3. The van der Waals surface area contributed by atoms with Gasteiger partial charge in [-0.2, -0.15) is 16.8 Å². The molecule has 2 aromatic rings. The Morgan fingerprint density at radius 2 is 0.709 bits per heavy atom. The minimum Gasteiger partial charge on any atom is -0.463 e. The Labute approximate surface area is 792 Å². The maximum atomic E-state index is 15.8. The number of ether oxygens (including phenoxy) is 8. The minimum absolute atomic E-state index is 0.0763. The van der Waals surface area contributed by atoms with Crippen LogP contribution in [-0.2, 0) is 105 Å². The van der Waals surface area contributed by atoms with Gasteiger partial charge in [0, 0.05) is 25.7 Å². The van der Waals surface area contributed by atoms with Gasteiger partial charge in [-0.3, -0.25) is 37.3 Å². The lowest BCUT2D eigenvalue weighted by atomic mass is 9.50. The summed E-state index contributed by atoms with van der Waals surface area (Å²) < 4.78 is 117. The van der Waals surface area contributed by atoms with Crippen molar-refractivity contribution in [3.8, 4) is 0 Å². The van der Waals surface area contributed by atoms with Crippen LogP contribution in [0.2, 0.25) is 0 Å². The molecule has 20 fully saturated rings. The molecule has 16 bridgehead atoms. The number of hydrogen-bond acceptors (Lipinski definition) is 26. The monoisotopic (exact) mass is 1900 g/mol. The molecule has 2 aliphatic heterocycles. The van der Waals surface area contributed by atoms with Gasteiger partial charge in [0.1, 0.15) is 32.2 Å². The molecule has 0 aromatic heterocycles. The largest absolute Gasteiger partial charge is 0.463 e. The van der Waals surface area contributed by atoms with Crippen LogP contribution in [0.3, 0.4) is 0 Å². The van der Waals surface area contributed by atoms with E-state index in [0.29, 0.717) is 138 Å². The van der Waals surface area contributed by atoms with Crippen LogP contribution in [0.4, 0.5) is 0 Å². The zero-order valence-electron chi connectivity index (χ0n) is 81.3. The fraction of sp³-hybridized carbons (Fsp3) is 0.792. The van der Waals surface area contributed by atoms with Gasteiger partial charge in [-0.25, -0.2) is 9.59 Å². The summed E-state index contributed by atoms with van der Waals surface area (Å²) in [7, 11) is -8.85. The number of oxime groups is 2. The molecule has 2 saturated heterocycles. The van der Waals surface area contributed by atoms with Crippen molar-refractivity contribution in [2.75, 3.05) is 13.2 Å². The van der Waals surface area contributed by atoms with Crippen LogP contribution in [0.5, 0.6) is 0 Å². The fourth-order valence-corrected chi connectivity index (χ4v) is 33.6. The van der Waals surface area contributed by atoms with Crippen molar-refractivity contribution in [2.45, 2.75) is 407 Å². The van der Waals surface area contributed by atoms with E-state index in [1.54, 1.807) is 79.7 Å². The second-order valence-electron chi connectivity index (χ2n) is 49.5. The molecule has 12 atom stereocenters. The van der Waals surface area contributed by atoms with Crippen molar-refractivity contribution in [2.24, 2.45) is 126 Å². The first-order valence-corrected chi connectivity index (χ1v) is 54.2. The molecule has 18 saturated carbocycles. The van der Waals surface area contributed by atoms with E-state index in [9.17, 15) is 46.2 Å². The lowest BCUT2D eigenvalue weighted by Crippen LogP contribution is -2.61. The second-order valence-corrected chi connectivity index (χ2v) is 52.6. The predicted octanol–water partition coefficient (Wildman–Crippen LogP) is 18.8. The van der Waals surface area contributed by atoms with Gasteiger partial charge in [0.2, 0.25) is 12.2 Å². The van der Waals surface area contributed by atoms with Crippen LogP contribution in [0, 0.1) is 115 Å². The topological polar surface area (TPSA) is 362 Å². The molecule has 0 spiro atoms. The molecule has 26 nitrogen and oxygen atoms in total. The maximum absolute atomic E-state index is 15.8. The van der Waals surface area contributed by atoms with E-state index < -0.39 is 158 Å². The third kappa shape index (κ3) is 19.4. The number of benzene rings is 2. The third-order valence-electron chi connectivity index (χ3n) is 37.4. The molecule has 134 heavy (non-hydrogen) atoms. The number of aliphatic hydroxyl groups is 2. The Kier molecular flexibility index (Phi) is 25.8. The summed E-state index contributed by atoms with van der Waals surface area (Å²) in [6, 6.07) is 12.7. The summed E-state index contributed by atoms with van der Waals surface area (Å²) in [5.74, 6) is -0.749. The molecule has 28 heteroatoms. The molecule has 18 aliphatic carbocycles. The van der Waals surface area contributed by atoms with Crippen LogP contribution >= 0.6 is 0 Å². The van der Waals surface area contributed by atoms with Gasteiger partial charge < -0.3 is 48.1 Å². The Morgan fingerprint density at radius 3 is 0.993 bits per heavy atom. The molecule has 2 aromatic carbocycles. The van der Waals surface area contributed by atoms with Crippen LogP contribution in [0.1, 0.15) is 363 Å². The van der Waals surface area contributed by atoms with Gasteiger partial charge in [0.25, 0.3) is 0 Å². The van der Waals surface area contributed by atoms with E-state index in [1.807, 2.05) is 13.8 Å². The highest BCUT2D eigenvalue weighted by atomic mass is 32.2. The number of rotatable bonds is 35. The second kappa shape index (κ2) is 35.6. The number of hydrogen-bond donors (Lipinski definition) is 2. The molecule has 738 valence electrons. The van der Waals surface area contributed by atoms with Gasteiger partial charge in [-0.15, -0.1) is 0 Å². The minimum atomic E-state index is -4.42. The molecule has 20 aliphatic rings. The summed E-state index contributed by atoms with van der Waals surface area (Å²) >= 11 is 0. The quantitative estimate of drug-likeness (QED) is 0.0368.